The lowest BCUT2D eigenvalue weighted by atomic mass is 9.93. The van der Waals surface area contributed by atoms with Gasteiger partial charge >= 0.3 is 5.97 Å². The minimum Gasteiger partial charge on any atom is -0.496 e. The summed E-state index contributed by atoms with van der Waals surface area (Å²) in [5.74, 6) is 1.18. The Labute approximate surface area is 204 Å². The van der Waals surface area contributed by atoms with E-state index in [0.29, 0.717) is 23.8 Å². The predicted molar refractivity (Wildman–Crippen MR) is 134 cm³/mol. The number of rotatable bonds is 5. The minimum absolute atomic E-state index is 0.0658. The number of esters is 1. The molecule has 0 fully saturated rings. The van der Waals surface area contributed by atoms with Crippen molar-refractivity contribution in [3.8, 4) is 28.4 Å². The Kier molecular flexibility index (Phi) is 5.31. The zero-order valence-electron chi connectivity index (χ0n) is 20.3. The number of hydrogen-bond acceptors (Lipinski definition) is 7. The smallest absolute Gasteiger partial charge is 0.308 e. The number of carbonyl (C=O) groups is 2. The highest BCUT2D eigenvalue weighted by atomic mass is 16.5. The number of hydrazine groups is 1. The van der Waals surface area contributed by atoms with Crippen molar-refractivity contribution < 1.29 is 23.8 Å². The average molecular weight is 474 g/mol. The molecule has 0 radical (unpaired) electrons. The molecule has 2 aliphatic rings. The van der Waals surface area contributed by atoms with Crippen LogP contribution in [-0.4, -0.2) is 31.6 Å². The van der Waals surface area contributed by atoms with Crippen LogP contribution < -0.4 is 29.5 Å². The lowest BCUT2D eigenvalue weighted by Gasteiger charge is -2.41. The zero-order chi connectivity index (χ0) is 24.9. The SMILES string of the molecule is COc1cc(OC(C)=O)ccc1-c1ccc2c3c1CN(c1ccccc1OC)N3C(=O)C(C)(C)N2. The predicted octanol–water partition coefficient (Wildman–Crippen LogP) is 4.77. The van der Waals surface area contributed by atoms with Gasteiger partial charge in [0, 0.05) is 24.1 Å². The van der Waals surface area contributed by atoms with Crippen LogP contribution in [0.2, 0.25) is 0 Å². The van der Waals surface area contributed by atoms with Gasteiger partial charge in [-0.3, -0.25) is 14.6 Å². The summed E-state index contributed by atoms with van der Waals surface area (Å²) in [6.07, 6.45) is 0. The topological polar surface area (TPSA) is 80.3 Å². The molecule has 2 aliphatic heterocycles. The van der Waals surface area contributed by atoms with Gasteiger partial charge in [-0.15, -0.1) is 0 Å². The average Bonchev–Trinajstić information content (AvgIpc) is 3.23. The van der Waals surface area contributed by atoms with E-state index in [1.54, 1.807) is 31.4 Å². The maximum absolute atomic E-state index is 13.7. The fourth-order valence-electron chi connectivity index (χ4n) is 4.76. The Hall–Kier alpha value is -4.20. The lowest BCUT2D eigenvalue weighted by molar-refractivity contribution is -0.131. The van der Waals surface area contributed by atoms with Crippen LogP contribution >= 0.6 is 0 Å². The van der Waals surface area contributed by atoms with E-state index in [1.165, 1.54) is 6.92 Å². The number of methoxy groups -OCH3 is 2. The molecule has 1 amide bonds. The first-order valence-electron chi connectivity index (χ1n) is 11.3. The molecule has 0 aromatic heterocycles. The summed E-state index contributed by atoms with van der Waals surface area (Å²) >= 11 is 0. The van der Waals surface area contributed by atoms with Gasteiger partial charge in [0.2, 0.25) is 0 Å². The van der Waals surface area contributed by atoms with E-state index >= 15 is 0 Å². The molecule has 1 N–H and O–H groups in total. The number of nitrogens with zero attached hydrogens (tertiary/aromatic N) is 2. The molecular formula is C27H27N3O5. The van der Waals surface area contributed by atoms with Crippen molar-refractivity contribution in [3.05, 3.63) is 60.2 Å². The maximum atomic E-state index is 13.7. The van der Waals surface area contributed by atoms with Gasteiger partial charge in [0.15, 0.2) is 0 Å². The van der Waals surface area contributed by atoms with Gasteiger partial charge in [-0.05, 0) is 49.7 Å². The van der Waals surface area contributed by atoms with Crippen molar-refractivity contribution in [1.82, 2.24) is 0 Å². The van der Waals surface area contributed by atoms with Crippen LogP contribution in [0.4, 0.5) is 17.1 Å². The molecule has 0 unspecified atom stereocenters. The summed E-state index contributed by atoms with van der Waals surface area (Å²) in [7, 11) is 3.20. The van der Waals surface area contributed by atoms with Gasteiger partial charge in [-0.1, -0.05) is 18.2 Å². The molecule has 0 saturated heterocycles. The molecule has 0 atom stereocenters. The highest BCUT2D eigenvalue weighted by molar-refractivity contribution is 6.12. The molecule has 0 saturated carbocycles. The van der Waals surface area contributed by atoms with Crippen molar-refractivity contribution in [2.24, 2.45) is 0 Å². The molecule has 35 heavy (non-hydrogen) atoms. The molecule has 2 heterocycles. The second kappa shape index (κ2) is 8.23. The third kappa shape index (κ3) is 3.62. The normalized spacial score (nSPS) is 15.4. The molecule has 3 aromatic rings. The minimum atomic E-state index is -0.792. The highest BCUT2D eigenvalue weighted by Crippen LogP contribution is 2.51. The standard InChI is InChI=1S/C27H27N3O5/c1-16(31)35-17-10-11-19(24(14-17)34-5)18-12-13-21-25-20(18)15-29(22-8-6-7-9-23(22)33-4)30(25)26(32)27(2,3)28-21/h6-14,28H,15H2,1-5H3. The van der Waals surface area contributed by atoms with Crippen LogP contribution in [0, 0.1) is 0 Å². The van der Waals surface area contributed by atoms with Crippen molar-refractivity contribution >= 4 is 28.9 Å². The maximum Gasteiger partial charge on any atom is 0.308 e. The van der Waals surface area contributed by atoms with Crippen LogP contribution in [0.3, 0.4) is 0 Å². The Balaban J connectivity index is 1.70. The van der Waals surface area contributed by atoms with Crippen LogP contribution in [-0.2, 0) is 16.1 Å². The Morgan fingerprint density at radius 3 is 2.40 bits per heavy atom. The lowest BCUT2D eigenvalue weighted by Crippen LogP contribution is -2.57. The summed E-state index contributed by atoms with van der Waals surface area (Å²) in [4.78, 5) is 25.1. The number of para-hydroxylation sites is 2. The van der Waals surface area contributed by atoms with Gasteiger partial charge in [-0.25, -0.2) is 5.01 Å². The summed E-state index contributed by atoms with van der Waals surface area (Å²) < 4.78 is 16.5. The monoisotopic (exact) mass is 473 g/mol. The van der Waals surface area contributed by atoms with E-state index in [9.17, 15) is 9.59 Å². The van der Waals surface area contributed by atoms with E-state index in [2.05, 4.69) is 5.32 Å². The third-order valence-corrected chi connectivity index (χ3v) is 6.31. The van der Waals surface area contributed by atoms with Crippen LogP contribution in [0.5, 0.6) is 17.2 Å². The van der Waals surface area contributed by atoms with Crippen molar-refractivity contribution in [1.29, 1.82) is 0 Å². The summed E-state index contributed by atoms with van der Waals surface area (Å²) in [5.41, 5.74) is 4.42. The Morgan fingerprint density at radius 1 is 0.971 bits per heavy atom. The van der Waals surface area contributed by atoms with Crippen LogP contribution in [0.15, 0.2) is 54.6 Å². The number of amides is 1. The molecule has 8 nitrogen and oxygen atoms in total. The summed E-state index contributed by atoms with van der Waals surface area (Å²) in [6, 6.07) is 17.0. The summed E-state index contributed by atoms with van der Waals surface area (Å²) in [6.45, 7) is 5.57. The number of hydrogen-bond donors (Lipinski definition) is 1. The molecule has 0 aliphatic carbocycles. The van der Waals surface area contributed by atoms with E-state index in [0.717, 1.165) is 33.8 Å². The highest BCUT2D eigenvalue weighted by Gasteiger charge is 2.47. The Morgan fingerprint density at radius 2 is 1.69 bits per heavy atom. The van der Waals surface area contributed by atoms with Crippen molar-refractivity contribution in [3.63, 3.8) is 0 Å². The first kappa shape index (κ1) is 22.6. The molecule has 3 aromatic carbocycles. The van der Waals surface area contributed by atoms with Crippen molar-refractivity contribution in [2.45, 2.75) is 32.9 Å². The third-order valence-electron chi connectivity index (χ3n) is 6.31. The second-order valence-corrected chi connectivity index (χ2v) is 9.04. The first-order chi connectivity index (χ1) is 16.7. The molecule has 0 bridgehead atoms. The Bertz CT molecular complexity index is 1350. The summed E-state index contributed by atoms with van der Waals surface area (Å²) in [5, 5.41) is 7.11. The van der Waals surface area contributed by atoms with Crippen molar-refractivity contribution in [2.75, 3.05) is 29.6 Å². The van der Waals surface area contributed by atoms with E-state index in [-0.39, 0.29) is 5.91 Å². The zero-order valence-corrected chi connectivity index (χ0v) is 20.3. The second-order valence-electron chi connectivity index (χ2n) is 9.04. The molecule has 0 spiro atoms. The van der Waals surface area contributed by atoms with E-state index < -0.39 is 11.5 Å². The van der Waals surface area contributed by atoms with Crippen LogP contribution in [0.25, 0.3) is 11.1 Å². The van der Waals surface area contributed by atoms with Gasteiger partial charge in [0.05, 0.1) is 32.1 Å². The fourth-order valence-corrected chi connectivity index (χ4v) is 4.76. The largest absolute Gasteiger partial charge is 0.496 e. The van der Waals surface area contributed by atoms with Gasteiger partial charge in [0.25, 0.3) is 5.91 Å². The fraction of sp³-hybridized carbons (Fsp3) is 0.259. The number of benzene rings is 3. The molecular weight excluding hydrogens is 446 g/mol. The quantitative estimate of drug-likeness (QED) is 0.422. The van der Waals surface area contributed by atoms with Gasteiger partial charge in [-0.2, -0.15) is 0 Å². The van der Waals surface area contributed by atoms with E-state index in [1.807, 2.05) is 61.3 Å². The molecule has 180 valence electrons. The number of nitrogens with one attached hydrogen (secondary N) is 1. The first-order valence-corrected chi connectivity index (χ1v) is 11.3. The van der Waals surface area contributed by atoms with Gasteiger partial charge in [0.1, 0.15) is 28.5 Å². The van der Waals surface area contributed by atoms with Gasteiger partial charge < -0.3 is 19.5 Å². The molecule has 8 heteroatoms. The number of anilines is 3. The molecule has 5 rings (SSSR count). The number of carbonyl (C=O) groups excluding carboxylic acids is 2. The van der Waals surface area contributed by atoms with Crippen LogP contribution in [0.1, 0.15) is 26.3 Å². The number of ether oxygens (including phenoxy) is 3. The van der Waals surface area contributed by atoms with E-state index in [4.69, 9.17) is 14.2 Å².